The zero-order valence-corrected chi connectivity index (χ0v) is 16.3. The van der Waals surface area contributed by atoms with E-state index in [1.165, 1.54) is 29.3 Å². The number of esters is 1. The van der Waals surface area contributed by atoms with Gasteiger partial charge in [0, 0.05) is 29.7 Å². The van der Waals surface area contributed by atoms with Gasteiger partial charge in [0.2, 0.25) is 0 Å². The van der Waals surface area contributed by atoms with Gasteiger partial charge in [-0.2, -0.15) is 0 Å². The van der Waals surface area contributed by atoms with Crippen LogP contribution in [-0.2, 0) is 20.7 Å². The number of H-pyrrole nitrogens is 1. The molecule has 0 aliphatic carbocycles. The number of fused-ring (bicyclic) bond motifs is 5. The molecule has 3 atom stereocenters. The van der Waals surface area contributed by atoms with Gasteiger partial charge in [0.05, 0.1) is 32.1 Å². The molecule has 0 spiro atoms. The van der Waals surface area contributed by atoms with Crippen LogP contribution < -0.4 is 0 Å². The summed E-state index contributed by atoms with van der Waals surface area (Å²) in [5.41, 5.74) is 4.63. The van der Waals surface area contributed by atoms with Crippen molar-refractivity contribution in [1.82, 2.24) is 9.88 Å². The Kier molecular flexibility index (Phi) is 4.96. The summed E-state index contributed by atoms with van der Waals surface area (Å²) in [7, 11) is 3.04. The molecule has 4 rings (SSSR count). The highest BCUT2D eigenvalue weighted by Gasteiger charge is 2.42. The molecule has 2 aromatic rings. The van der Waals surface area contributed by atoms with E-state index < -0.39 is 0 Å². The maximum Gasteiger partial charge on any atom is 0.337 e. The Hall–Kier alpha value is -2.27. The Morgan fingerprint density at radius 3 is 2.89 bits per heavy atom. The van der Waals surface area contributed by atoms with E-state index in [0.717, 1.165) is 32.4 Å². The van der Waals surface area contributed by atoms with E-state index in [9.17, 15) is 4.79 Å². The average molecular weight is 368 g/mol. The van der Waals surface area contributed by atoms with Crippen molar-refractivity contribution < 1.29 is 14.3 Å². The first-order valence-electron chi connectivity index (χ1n) is 9.82. The molecule has 2 aliphatic rings. The first-order valence-corrected chi connectivity index (χ1v) is 9.82. The van der Waals surface area contributed by atoms with Crippen LogP contribution in [0.2, 0.25) is 0 Å². The second kappa shape index (κ2) is 7.39. The topological polar surface area (TPSA) is 54.6 Å². The van der Waals surface area contributed by atoms with Gasteiger partial charge in [-0.05, 0) is 36.3 Å². The first-order chi connectivity index (χ1) is 13.2. The van der Waals surface area contributed by atoms with Gasteiger partial charge in [-0.1, -0.05) is 31.5 Å². The Morgan fingerprint density at radius 1 is 1.33 bits per heavy atom. The Balaban J connectivity index is 1.73. The lowest BCUT2D eigenvalue weighted by molar-refractivity contribution is -0.137. The number of nitrogens with zero attached hydrogens (tertiary/aromatic N) is 1. The van der Waals surface area contributed by atoms with Crippen LogP contribution in [0, 0.1) is 11.8 Å². The van der Waals surface area contributed by atoms with E-state index in [-0.39, 0.29) is 11.9 Å². The normalized spacial score (nSPS) is 25.7. The highest BCUT2D eigenvalue weighted by molar-refractivity contribution is 5.89. The lowest BCUT2D eigenvalue weighted by Crippen LogP contribution is -2.47. The second-order valence-electron chi connectivity index (χ2n) is 7.63. The third-order valence-corrected chi connectivity index (χ3v) is 6.37. The number of nitrogens with one attached hydrogen (secondary N) is 1. The highest BCUT2D eigenvalue weighted by atomic mass is 16.5. The molecule has 27 heavy (non-hydrogen) atoms. The fraction of sp³-hybridized carbons (Fsp3) is 0.500. The van der Waals surface area contributed by atoms with Gasteiger partial charge in [0.25, 0.3) is 0 Å². The van der Waals surface area contributed by atoms with Gasteiger partial charge >= 0.3 is 5.97 Å². The number of para-hydroxylation sites is 1. The minimum atomic E-state index is -0.276. The van der Waals surface area contributed by atoms with Gasteiger partial charge in [0.15, 0.2) is 0 Å². The number of carbonyl (C=O) groups excluding carboxylic acids is 1. The molecule has 0 unspecified atom stereocenters. The molecule has 5 heteroatoms. The van der Waals surface area contributed by atoms with Gasteiger partial charge in [-0.15, -0.1) is 0 Å². The summed E-state index contributed by atoms with van der Waals surface area (Å²) in [6.07, 6.45) is 4.60. The number of ether oxygens (including phenoxy) is 2. The first kappa shape index (κ1) is 18.1. The molecule has 1 N–H and O–H groups in total. The van der Waals surface area contributed by atoms with Crippen molar-refractivity contribution in [3.8, 4) is 0 Å². The zero-order chi connectivity index (χ0) is 19.0. The lowest BCUT2D eigenvalue weighted by atomic mass is 9.74. The van der Waals surface area contributed by atoms with Crippen LogP contribution >= 0.6 is 0 Å². The fourth-order valence-electron chi connectivity index (χ4n) is 5.04. The van der Waals surface area contributed by atoms with Crippen LogP contribution in [0.3, 0.4) is 0 Å². The number of carbonyl (C=O) groups is 1. The van der Waals surface area contributed by atoms with E-state index in [4.69, 9.17) is 9.47 Å². The molecule has 1 saturated heterocycles. The smallest absolute Gasteiger partial charge is 0.337 e. The minimum Gasteiger partial charge on any atom is -0.504 e. The van der Waals surface area contributed by atoms with E-state index in [1.807, 2.05) is 0 Å². The number of rotatable bonds is 4. The summed E-state index contributed by atoms with van der Waals surface area (Å²) >= 11 is 0. The molecule has 144 valence electrons. The monoisotopic (exact) mass is 368 g/mol. The summed E-state index contributed by atoms with van der Waals surface area (Å²) < 4.78 is 10.3. The molecular formula is C22H28N2O3. The predicted octanol–water partition coefficient (Wildman–Crippen LogP) is 3.82. The molecule has 5 nitrogen and oxygen atoms in total. The van der Waals surface area contributed by atoms with Gasteiger partial charge in [-0.25, -0.2) is 4.79 Å². The Morgan fingerprint density at radius 2 is 2.15 bits per heavy atom. The maximum absolute atomic E-state index is 12.4. The van der Waals surface area contributed by atoms with Crippen molar-refractivity contribution in [3.63, 3.8) is 0 Å². The molecule has 1 aromatic heterocycles. The van der Waals surface area contributed by atoms with Crippen molar-refractivity contribution in [2.75, 3.05) is 27.3 Å². The number of aromatic nitrogens is 1. The fourth-order valence-corrected chi connectivity index (χ4v) is 5.04. The molecule has 1 fully saturated rings. The summed E-state index contributed by atoms with van der Waals surface area (Å²) in [5.74, 6) is 0.287. The molecule has 1 aromatic carbocycles. The molecule has 2 aliphatic heterocycles. The Labute approximate surface area is 160 Å². The van der Waals surface area contributed by atoms with Crippen molar-refractivity contribution in [2.24, 2.45) is 11.8 Å². The number of hydrogen-bond donors (Lipinski definition) is 1. The van der Waals surface area contributed by atoms with E-state index in [2.05, 4.69) is 41.1 Å². The number of piperidine rings is 1. The van der Waals surface area contributed by atoms with Crippen molar-refractivity contribution in [2.45, 2.75) is 32.2 Å². The third kappa shape index (κ3) is 3.04. The van der Waals surface area contributed by atoms with Gasteiger partial charge in [-0.3, -0.25) is 4.90 Å². The predicted molar refractivity (Wildman–Crippen MR) is 105 cm³/mol. The lowest BCUT2D eigenvalue weighted by Gasteiger charge is -2.46. The van der Waals surface area contributed by atoms with Gasteiger partial charge < -0.3 is 14.5 Å². The SMILES string of the molecule is CC[C@H]1CN2CCc3c([nH]c4ccccc34)[C@H]2C[C@@H]1/C(=C/OC)C(=O)OC. The van der Waals surface area contributed by atoms with Crippen LogP contribution in [0.25, 0.3) is 10.9 Å². The summed E-state index contributed by atoms with van der Waals surface area (Å²) in [6, 6.07) is 8.85. The molecule has 0 amide bonds. The zero-order valence-electron chi connectivity index (χ0n) is 16.3. The largest absolute Gasteiger partial charge is 0.504 e. The van der Waals surface area contributed by atoms with Crippen molar-refractivity contribution in [3.05, 3.63) is 47.4 Å². The van der Waals surface area contributed by atoms with Crippen LogP contribution in [0.1, 0.15) is 37.1 Å². The maximum atomic E-state index is 12.4. The quantitative estimate of drug-likeness (QED) is 0.506. The average Bonchev–Trinajstić information content (AvgIpc) is 3.09. The molecule has 0 radical (unpaired) electrons. The summed E-state index contributed by atoms with van der Waals surface area (Å²) in [6.45, 7) is 4.28. The van der Waals surface area contributed by atoms with Crippen LogP contribution in [0.4, 0.5) is 0 Å². The number of methoxy groups -OCH3 is 2. The summed E-state index contributed by atoms with van der Waals surface area (Å²) in [5, 5.41) is 1.34. The van der Waals surface area contributed by atoms with E-state index in [0.29, 0.717) is 17.5 Å². The second-order valence-corrected chi connectivity index (χ2v) is 7.63. The van der Waals surface area contributed by atoms with Crippen LogP contribution in [0.5, 0.6) is 0 Å². The summed E-state index contributed by atoms with van der Waals surface area (Å²) in [4.78, 5) is 18.7. The minimum absolute atomic E-state index is 0.140. The highest BCUT2D eigenvalue weighted by Crippen LogP contribution is 2.45. The van der Waals surface area contributed by atoms with Crippen molar-refractivity contribution in [1.29, 1.82) is 0 Å². The van der Waals surface area contributed by atoms with E-state index in [1.54, 1.807) is 13.4 Å². The number of aromatic amines is 1. The van der Waals surface area contributed by atoms with Crippen LogP contribution in [-0.4, -0.2) is 43.2 Å². The molecule has 3 heterocycles. The standard InChI is InChI=1S/C22H28N2O3/c1-4-14-12-24-10-9-16-15-7-5-6-8-19(15)23-21(16)20(24)11-17(14)18(13-26-2)22(25)27-3/h5-8,13-14,17,20,23H,4,9-12H2,1-3H3/b18-13-/t14-,17-,20+/m0/s1. The van der Waals surface area contributed by atoms with Crippen LogP contribution in [0.15, 0.2) is 36.1 Å². The van der Waals surface area contributed by atoms with Gasteiger partial charge in [0.1, 0.15) is 0 Å². The van der Waals surface area contributed by atoms with Crippen molar-refractivity contribution >= 4 is 16.9 Å². The molecular weight excluding hydrogens is 340 g/mol. The van der Waals surface area contributed by atoms with E-state index >= 15 is 0 Å². The molecule has 0 bridgehead atoms. The number of hydrogen-bond acceptors (Lipinski definition) is 4. The Bertz CT molecular complexity index is 870. The third-order valence-electron chi connectivity index (χ3n) is 6.37. The molecule has 0 saturated carbocycles. The number of benzene rings is 1.